The molecule has 2 N–H and O–H groups in total. The van der Waals surface area contributed by atoms with Crippen LogP contribution in [0, 0.1) is 0 Å². The van der Waals surface area contributed by atoms with Gasteiger partial charge in [-0.1, -0.05) is 182 Å². The molecule has 0 aliphatic carbocycles. The van der Waals surface area contributed by atoms with Crippen molar-refractivity contribution >= 4 is 13.7 Å². The molecule has 3 atom stereocenters. The molecule has 0 aromatic carbocycles. The van der Waals surface area contributed by atoms with E-state index in [0.29, 0.717) is 17.4 Å². The number of carbonyl (C=O) groups excluding carboxylic acids is 1. The number of quaternary nitrogens is 1. The maximum atomic E-state index is 12.9. The first-order valence-corrected chi connectivity index (χ1v) is 25.1. The molecular weight excluding hydrogens is 768 g/mol. The number of aliphatic hydroxyl groups is 1. The fourth-order valence-electron chi connectivity index (χ4n) is 6.07. The van der Waals surface area contributed by atoms with Gasteiger partial charge in [-0.25, -0.2) is 0 Å². The molecule has 0 aromatic rings. The minimum absolute atomic E-state index is 0.0108. The van der Waals surface area contributed by atoms with Crippen LogP contribution in [-0.4, -0.2) is 68.5 Å². The smallest absolute Gasteiger partial charge is 0.268 e. The van der Waals surface area contributed by atoms with Crippen molar-refractivity contribution in [1.82, 2.24) is 5.32 Å². The second kappa shape index (κ2) is 41.8. The van der Waals surface area contributed by atoms with E-state index in [1.807, 2.05) is 27.2 Å². The highest BCUT2D eigenvalue weighted by Crippen LogP contribution is 2.38. The second-order valence-corrected chi connectivity index (χ2v) is 18.1. The summed E-state index contributed by atoms with van der Waals surface area (Å²) in [5.41, 5.74) is 0. The van der Waals surface area contributed by atoms with Gasteiger partial charge in [-0.05, 0) is 77.0 Å². The summed E-state index contributed by atoms with van der Waals surface area (Å²) in [5, 5.41) is 13.7. The molecule has 0 radical (unpaired) electrons. The maximum absolute atomic E-state index is 12.9. The molecule has 60 heavy (non-hydrogen) atoms. The van der Waals surface area contributed by atoms with E-state index < -0.39 is 26.6 Å². The Hall–Kier alpha value is -2.58. The quantitative estimate of drug-likeness (QED) is 0.0274. The summed E-state index contributed by atoms with van der Waals surface area (Å²) in [4.78, 5) is 25.3. The number of aliphatic hydroxyl groups excluding tert-OH is 1. The van der Waals surface area contributed by atoms with E-state index in [1.54, 1.807) is 6.08 Å². The van der Waals surface area contributed by atoms with Crippen LogP contribution >= 0.6 is 7.82 Å². The van der Waals surface area contributed by atoms with E-state index in [1.165, 1.54) is 44.9 Å². The molecule has 9 heteroatoms. The summed E-state index contributed by atoms with van der Waals surface area (Å²) in [7, 11) is 1.23. The fraction of sp³-hybridized carbons (Fsp3) is 0.667. The number of phosphoric ester groups is 1. The SMILES string of the molecule is CC/C=C\C/C=C\C/C=C\C/C=C\C/C=C\C/C=C\C/C=C\CCCCCCCC(=O)NC(COP(=O)([O-])OCC[N+](C)(C)C)C(O)/C=C/CCCCCCCCCCC. The molecule has 0 saturated carbocycles. The van der Waals surface area contributed by atoms with Gasteiger partial charge in [0.1, 0.15) is 13.2 Å². The number of phosphoric acid groups is 1. The number of likely N-dealkylation sites (N-methyl/N-ethyl adjacent to an activating group) is 1. The summed E-state index contributed by atoms with van der Waals surface area (Å²) in [5.74, 6) is -0.223. The number of carbonyl (C=O) groups is 1. The number of hydrogen-bond acceptors (Lipinski definition) is 6. The van der Waals surface area contributed by atoms with E-state index in [4.69, 9.17) is 9.05 Å². The summed E-state index contributed by atoms with van der Waals surface area (Å²) < 4.78 is 23.2. The lowest BCUT2D eigenvalue weighted by Gasteiger charge is -2.29. The average Bonchev–Trinajstić information content (AvgIpc) is 3.20. The third kappa shape index (κ3) is 43.5. The van der Waals surface area contributed by atoms with Crippen LogP contribution in [0.3, 0.4) is 0 Å². The molecule has 0 bridgehead atoms. The van der Waals surface area contributed by atoms with Gasteiger partial charge in [-0.2, -0.15) is 0 Å². The van der Waals surface area contributed by atoms with E-state index in [9.17, 15) is 19.4 Å². The van der Waals surface area contributed by atoms with Crippen molar-refractivity contribution in [2.24, 2.45) is 0 Å². The summed E-state index contributed by atoms with van der Waals surface area (Å²) >= 11 is 0. The van der Waals surface area contributed by atoms with Crippen molar-refractivity contribution in [2.45, 2.75) is 180 Å². The molecule has 0 heterocycles. The molecule has 0 spiro atoms. The molecule has 0 saturated heterocycles. The topological polar surface area (TPSA) is 108 Å². The molecule has 0 rings (SSSR count). The van der Waals surface area contributed by atoms with Gasteiger partial charge >= 0.3 is 0 Å². The Labute approximate surface area is 369 Å². The first kappa shape index (κ1) is 57.4. The number of nitrogens with zero attached hydrogens (tertiary/aromatic N) is 1. The number of allylic oxidation sites excluding steroid dienone is 15. The summed E-state index contributed by atoms with van der Waals surface area (Å²) in [6, 6.07) is -0.902. The first-order chi connectivity index (χ1) is 29.0. The Morgan fingerprint density at radius 3 is 1.48 bits per heavy atom. The average molecular weight is 857 g/mol. The number of unbranched alkanes of at least 4 members (excludes halogenated alkanes) is 14. The Balaban J connectivity index is 4.34. The van der Waals surface area contributed by atoms with Crippen molar-refractivity contribution in [3.63, 3.8) is 0 Å². The summed E-state index contributed by atoms with van der Waals surface area (Å²) in [6.07, 6.45) is 58.9. The minimum atomic E-state index is -4.60. The highest BCUT2D eigenvalue weighted by molar-refractivity contribution is 7.45. The van der Waals surface area contributed by atoms with Gasteiger partial charge in [0.25, 0.3) is 7.82 Å². The van der Waals surface area contributed by atoms with Gasteiger partial charge in [0, 0.05) is 6.42 Å². The van der Waals surface area contributed by atoms with Gasteiger partial charge in [0.05, 0.1) is 39.9 Å². The second-order valence-electron chi connectivity index (χ2n) is 16.7. The first-order valence-electron chi connectivity index (χ1n) is 23.6. The zero-order valence-electron chi connectivity index (χ0n) is 38.9. The summed E-state index contributed by atoms with van der Waals surface area (Å²) in [6.45, 7) is 4.47. The highest BCUT2D eigenvalue weighted by atomic mass is 31.2. The van der Waals surface area contributed by atoms with Crippen LogP contribution in [0.2, 0.25) is 0 Å². The number of nitrogens with one attached hydrogen (secondary N) is 1. The standard InChI is InChI=1S/C51H89N2O6P/c1-6-8-10-12-14-16-18-19-20-21-22-23-24-25-26-27-28-29-30-31-32-33-35-37-39-41-43-45-51(55)52-49(48-59-60(56,57)58-47-46-53(3,4)5)50(54)44-42-40-38-36-34-17-15-13-11-9-7-2/h8,10,14,16,19-20,22-23,25-26,28-29,31-32,42,44,49-50,54H,6-7,9,11-13,15,17-18,21,24,27,30,33-41,43,45-48H2,1-5H3,(H-,52,55,56,57)/b10-8-,16-14-,20-19-,23-22-,26-25-,29-28-,32-31-,44-42+. The van der Waals surface area contributed by atoms with Crippen molar-refractivity contribution < 1.29 is 32.9 Å². The highest BCUT2D eigenvalue weighted by Gasteiger charge is 2.23. The van der Waals surface area contributed by atoms with Crippen molar-refractivity contribution in [2.75, 3.05) is 40.9 Å². The number of hydrogen-bond donors (Lipinski definition) is 2. The van der Waals surface area contributed by atoms with Crippen LogP contribution in [0.1, 0.15) is 168 Å². The van der Waals surface area contributed by atoms with Crippen LogP contribution in [0.15, 0.2) is 97.2 Å². The minimum Gasteiger partial charge on any atom is -0.756 e. The van der Waals surface area contributed by atoms with Gasteiger partial charge < -0.3 is 28.8 Å². The van der Waals surface area contributed by atoms with Crippen molar-refractivity contribution in [1.29, 1.82) is 0 Å². The Morgan fingerprint density at radius 2 is 1.02 bits per heavy atom. The van der Waals surface area contributed by atoms with Gasteiger partial charge in [0.15, 0.2) is 0 Å². The lowest BCUT2D eigenvalue weighted by Crippen LogP contribution is -2.45. The zero-order valence-corrected chi connectivity index (χ0v) is 39.8. The predicted molar refractivity (Wildman–Crippen MR) is 256 cm³/mol. The van der Waals surface area contributed by atoms with Gasteiger partial charge in [-0.15, -0.1) is 0 Å². The van der Waals surface area contributed by atoms with E-state index in [2.05, 4.69) is 104 Å². The van der Waals surface area contributed by atoms with Crippen LogP contribution in [0.25, 0.3) is 0 Å². The molecule has 8 nitrogen and oxygen atoms in total. The molecular formula is C51H89N2O6P. The molecule has 0 aliphatic rings. The van der Waals surface area contributed by atoms with E-state index >= 15 is 0 Å². The molecule has 3 unspecified atom stereocenters. The van der Waals surface area contributed by atoms with E-state index in [-0.39, 0.29) is 12.5 Å². The molecule has 1 amide bonds. The van der Waals surface area contributed by atoms with Crippen LogP contribution < -0.4 is 10.2 Å². The normalized spacial score (nSPS) is 15.1. The third-order valence-corrected chi connectivity index (χ3v) is 10.8. The monoisotopic (exact) mass is 857 g/mol. The molecule has 344 valence electrons. The Kier molecular flexibility index (Phi) is 40.0. The largest absolute Gasteiger partial charge is 0.756 e. The maximum Gasteiger partial charge on any atom is 0.268 e. The van der Waals surface area contributed by atoms with Crippen LogP contribution in [0.4, 0.5) is 0 Å². The number of amides is 1. The van der Waals surface area contributed by atoms with Crippen LogP contribution in [0.5, 0.6) is 0 Å². The fourth-order valence-corrected chi connectivity index (χ4v) is 6.79. The van der Waals surface area contributed by atoms with E-state index in [0.717, 1.165) is 103 Å². The third-order valence-electron chi connectivity index (χ3n) is 9.80. The molecule has 0 aromatic heterocycles. The lowest BCUT2D eigenvalue weighted by atomic mass is 10.1. The zero-order chi connectivity index (χ0) is 44.3. The van der Waals surface area contributed by atoms with Gasteiger partial charge in [-0.3, -0.25) is 9.36 Å². The lowest BCUT2D eigenvalue weighted by molar-refractivity contribution is -0.870. The Morgan fingerprint density at radius 1 is 0.600 bits per heavy atom. The van der Waals surface area contributed by atoms with Crippen molar-refractivity contribution in [3.8, 4) is 0 Å². The van der Waals surface area contributed by atoms with Gasteiger partial charge in [0.2, 0.25) is 5.91 Å². The molecule has 0 aliphatic heterocycles. The predicted octanol–water partition coefficient (Wildman–Crippen LogP) is 12.9. The number of rotatable bonds is 41. The Bertz CT molecular complexity index is 1290. The molecule has 0 fully saturated rings. The van der Waals surface area contributed by atoms with Crippen LogP contribution in [-0.2, 0) is 18.4 Å². The van der Waals surface area contributed by atoms with Crippen molar-refractivity contribution in [3.05, 3.63) is 97.2 Å².